The zero-order chi connectivity index (χ0) is 32.8. The Morgan fingerprint density at radius 1 is 1.00 bits per heavy atom. The molecule has 46 heavy (non-hydrogen) atoms. The van der Waals surface area contributed by atoms with Gasteiger partial charge in [0, 0.05) is 5.56 Å². The Balaban J connectivity index is 1.52. The maximum atomic E-state index is 12.6. The lowest BCUT2D eigenvalue weighted by Gasteiger charge is -2.10. The van der Waals surface area contributed by atoms with Crippen molar-refractivity contribution in [1.29, 1.82) is 5.26 Å². The highest BCUT2D eigenvalue weighted by Gasteiger charge is 2.29. The standard InChI is InChI=1S/C30H19Cl2F2N4O6PS/c31-26-10-9-23(14-27(26)32)36-30-38(16-18-7-8-21(22(11-18)15-35)17-45(41,43-33)44-34)37-28(46-30)19-3-1-5-24(12-19)42-25-6-2-4-20(13-25)29(39)40/h1-14H,16-17H2,(H,39,40). The Bertz CT molecular complexity index is 2090. The van der Waals surface area contributed by atoms with Crippen LogP contribution in [-0.4, -0.2) is 20.9 Å². The molecule has 0 saturated carbocycles. The van der Waals surface area contributed by atoms with Gasteiger partial charge in [-0.2, -0.15) is 10.4 Å². The maximum absolute atomic E-state index is 12.6. The number of nitriles is 1. The summed E-state index contributed by atoms with van der Waals surface area (Å²) < 4.78 is 51.1. The summed E-state index contributed by atoms with van der Waals surface area (Å²) in [7, 11) is -4.72. The molecule has 1 N–H and O–H groups in total. The molecule has 1 aromatic heterocycles. The topological polar surface area (TPSA) is 136 Å². The fraction of sp³-hybridized carbons (Fsp3) is 0.0667. The van der Waals surface area contributed by atoms with Gasteiger partial charge in [0.15, 0.2) is 0 Å². The Kier molecular flexibility index (Phi) is 10.3. The second kappa shape index (κ2) is 14.3. The van der Waals surface area contributed by atoms with E-state index in [9.17, 15) is 28.8 Å². The Morgan fingerprint density at radius 3 is 2.43 bits per heavy atom. The molecule has 0 fully saturated rings. The Morgan fingerprint density at radius 2 is 1.74 bits per heavy atom. The lowest BCUT2D eigenvalue weighted by molar-refractivity contribution is -0.0881. The van der Waals surface area contributed by atoms with Crippen LogP contribution in [0.3, 0.4) is 0 Å². The minimum absolute atomic E-state index is 0.00247. The molecule has 0 unspecified atom stereocenters. The van der Waals surface area contributed by atoms with Crippen LogP contribution >= 0.6 is 42.1 Å². The van der Waals surface area contributed by atoms with Crippen LogP contribution in [0.2, 0.25) is 10.0 Å². The lowest BCUT2D eigenvalue weighted by atomic mass is 10.1. The number of rotatable bonds is 11. The van der Waals surface area contributed by atoms with E-state index >= 15 is 0 Å². The first-order valence-corrected chi connectivity index (χ1v) is 16.3. The minimum Gasteiger partial charge on any atom is -0.478 e. The van der Waals surface area contributed by atoms with Gasteiger partial charge in [-0.15, -0.1) is 9.46 Å². The molecular formula is C30H19Cl2F2N4O6PS. The molecule has 0 aliphatic heterocycles. The summed E-state index contributed by atoms with van der Waals surface area (Å²) in [5.41, 5.74) is 1.87. The van der Waals surface area contributed by atoms with Crippen molar-refractivity contribution in [3.63, 3.8) is 0 Å². The van der Waals surface area contributed by atoms with Crippen molar-refractivity contribution >= 4 is 53.8 Å². The molecule has 0 atom stereocenters. The van der Waals surface area contributed by atoms with E-state index < -0.39 is 19.7 Å². The normalized spacial score (nSPS) is 11.8. The molecule has 1 heterocycles. The van der Waals surface area contributed by atoms with Gasteiger partial charge in [-0.3, -0.25) is 4.57 Å². The Hall–Kier alpha value is -4.41. The van der Waals surface area contributed by atoms with Crippen LogP contribution in [-0.2, 0) is 26.7 Å². The fourth-order valence-electron chi connectivity index (χ4n) is 4.20. The van der Waals surface area contributed by atoms with Gasteiger partial charge in [0.25, 0.3) is 0 Å². The fourth-order valence-corrected chi connectivity index (χ4v) is 6.23. The molecule has 0 amide bonds. The van der Waals surface area contributed by atoms with Gasteiger partial charge in [-0.05, 0) is 74.8 Å². The number of hydrogen-bond donors (Lipinski definition) is 1. The van der Waals surface area contributed by atoms with E-state index in [1.807, 2.05) is 12.1 Å². The third kappa shape index (κ3) is 7.86. The molecule has 234 valence electrons. The third-order valence-electron chi connectivity index (χ3n) is 6.35. The Labute approximate surface area is 273 Å². The summed E-state index contributed by atoms with van der Waals surface area (Å²) >= 11 is 13.5. The predicted molar refractivity (Wildman–Crippen MR) is 167 cm³/mol. The third-order valence-corrected chi connectivity index (χ3v) is 9.23. The number of carboxylic acid groups (broad SMARTS) is 1. The maximum Gasteiger partial charge on any atom is 0.399 e. The van der Waals surface area contributed by atoms with Gasteiger partial charge in [-0.25, -0.2) is 14.5 Å². The molecule has 0 spiro atoms. The number of aromatic carboxylic acids is 1. The van der Waals surface area contributed by atoms with Gasteiger partial charge in [0.1, 0.15) is 16.5 Å². The number of ether oxygens (including phenoxy) is 1. The van der Waals surface area contributed by atoms with Gasteiger partial charge in [0.2, 0.25) is 4.80 Å². The largest absolute Gasteiger partial charge is 0.478 e. The lowest BCUT2D eigenvalue weighted by Crippen LogP contribution is -2.17. The second-order valence-corrected chi connectivity index (χ2v) is 13.1. The highest BCUT2D eigenvalue weighted by Crippen LogP contribution is 2.52. The first-order valence-electron chi connectivity index (χ1n) is 13.0. The van der Waals surface area contributed by atoms with Crippen LogP contribution in [0.25, 0.3) is 10.6 Å². The molecular weight excluding hydrogens is 684 g/mol. The monoisotopic (exact) mass is 702 g/mol. The number of hydrogen-bond acceptors (Lipinski definition) is 9. The molecule has 0 aliphatic rings. The van der Waals surface area contributed by atoms with Crippen LogP contribution in [0.4, 0.5) is 14.7 Å². The zero-order valence-corrected chi connectivity index (χ0v) is 26.4. The van der Waals surface area contributed by atoms with Crippen molar-refractivity contribution in [3.05, 3.63) is 122 Å². The van der Waals surface area contributed by atoms with Crippen LogP contribution in [0.15, 0.2) is 89.9 Å². The van der Waals surface area contributed by atoms with Crippen molar-refractivity contribution in [1.82, 2.24) is 9.78 Å². The highest BCUT2D eigenvalue weighted by atomic mass is 35.5. The average Bonchev–Trinajstić information content (AvgIpc) is 3.45. The summed E-state index contributed by atoms with van der Waals surface area (Å²) in [5, 5.41) is 24.9. The summed E-state index contributed by atoms with van der Waals surface area (Å²) in [6, 6.07) is 24.3. The van der Waals surface area contributed by atoms with Crippen molar-refractivity contribution in [3.8, 4) is 28.1 Å². The summed E-state index contributed by atoms with van der Waals surface area (Å²) in [6.07, 6.45) is -0.798. The molecule has 0 aliphatic carbocycles. The van der Waals surface area contributed by atoms with E-state index in [0.29, 0.717) is 48.2 Å². The molecule has 0 saturated heterocycles. The number of carboxylic acids is 1. The number of halogens is 4. The zero-order valence-electron chi connectivity index (χ0n) is 23.1. The minimum atomic E-state index is -4.72. The molecule has 16 heteroatoms. The summed E-state index contributed by atoms with van der Waals surface area (Å²) in [5.74, 6) is -0.305. The van der Waals surface area contributed by atoms with E-state index in [4.69, 9.17) is 38.0 Å². The first kappa shape index (κ1) is 33.0. The summed E-state index contributed by atoms with van der Waals surface area (Å²) in [6.45, 7) is 0.112. The number of carbonyl (C=O) groups is 1. The van der Waals surface area contributed by atoms with E-state index in [1.165, 1.54) is 35.6 Å². The average molecular weight is 703 g/mol. The molecule has 5 aromatic rings. The number of nitrogens with zero attached hydrogens (tertiary/aromatic N) is 4. The second-order valence-electron chi connectivity index (χ2n) is 9.53. The van der Waals surface area contributed by atoms with Gasteiger partial charge in [-0.1, -0.05) is 64.9 Å². The number of aromatic nitrogens is 2. The predicted octanol–water partition coefficient (Wildman–Crippen LogP) is 9.06. The molecule has 0 bridgehead atoms. The van der Waals surface area contributed by atoms with Crippen molar-refractivity contribution in [2.24, 2.45) is 4.99 Å². The van der Waals surface area contributed by atoms with Crippen LogP contribution in [0, 0.1) is 11.3 Å². The first-order chi connectivity index (χ1) is 22.1. The van der Waals surface area contributed by atoms with Gasteiger partial charge < -0.3 is 9.84 Å². The number of benzene rings is 4. The van der Waals surface area contributed by atoms with E-state index in [1.54, 1.807) is 59.3 Å². The molecule has 4 aromatic carbocycles. The molecule has 10 nitrogen and oxygen atoms in total. The summed E-state index contributed by atoms with van der Waals surface area (Å²) in [4.78, 5) is 16.5. The van der Waals surface area contributed by atoms with E-state index in [2.05, 4.69) is 9.46 Å². The van der Waals surface area contributed by atoms with Crippen molar-refractivity contribution < 1.29 is 37.7 Å². The highest BCUT2D eigenvalue weighted by molar-refractivity contribution is 7.52. The van der Waals surface area contributed by atoms with Crippen molar-refractivity contribution in [2.75, 3.05) is 0 Å². The molecule has 5 rings (SSSR count). The SMILES string of the molecule is N#Cc1cc(Cn2nc(-c3cccc(Oc4cccc(C(=O)O)c4)c3)sc2=Nc2ccc(Cl)c(Cl)c2)ccc1CP(=O)(OF)OF. The van der Waals surface area contributed by atoms with E-state index in [-0.39, 0.29) is 23.2 Å². The smallest absolute Gasteiger partial charge is 0.399 e. The van der Waals surface area contributed by atoms with Crippen LogP contribution < -0.4 is 9.54 Å². The van der Waals surface area contributed by atoms with Gasteiger partial charge in [0.05, 0.1) is 45.6 Å². The van der Waals surface area contributed by atoms with Crippen LogP contribution in [0.1, 0.15) is 27.0 Å². The molecule has 0 radical (unpaired) electrons. The quantitative estimate of drug-likeness (QED) is 0.135. The van der Waals surface area contributed by atoms with Crippen LogP contribution in [0.5, 0.6) is 11.5 Å². The van der Waals surface area contributed by atoms with Crippen molar-refractivity contribution in [2.45, 2.75) is 12.7 Å². The van der Waals surface area contributed by atoms with E-state index in [0.717, 1.165) is 0 Å². The van der Waals surface area contributed by atoms with Gasteiger partial charge >= 0.3 is 13.6 Å².